The van der Waals surface area contributed by atoms with Gasteiger partial charge in [-0.15, -0.1) is 24.9 Å². The second-order valence-electron chi connectivity index (χ2n) is 3.94. The summed E-state index contributed by atoms with van der Waals surface area (Å²) in [6.07, 6.45) is -4.06. The van der Waals surface area contributed by atoms with Gasteiger partial charge in [-0.05, 0) is 24.1 Å². The molecule has 1 aliphatic rings. The van der Waals surface area contributed by atoms with Gasteiger partial charge in [0, 0.05) is 11.3 Å². The standard InChI is InChI=1S/C12H11F3O2S/c1-2-10-11(16)9-5-8(17-12(13,14)15)4-3-7(9)6-18-10/h3-5,10H,2,6H2,1H3. The Bertz CT molecular complexity index is 471. The van der Waals surface area contributed by atoms with Crippen LogP contribution in [-0.4, -0.2) is 17.4 Å². The number of hydrogen-bond donors (Lipinski definition) is 0. The van der Waals surface area contributed by atoms with Crippen molar-refractivity contribution in [2.75, 3.05) is 0 Å². The number of ketones is 1. The molecule has 0 radical (unpaired) electrons. The van der Waals surface area contributed by atoms with Crippen LogP contribution in [0.15, 0.2) is 18.2 Å². The molecule has 1 heterocycles. The molecule has 1 unspecified atom stereocenters. The third kappa shape index (κ3) is 2.80. The Morgan fingerprint density at radius 1 is 1.44 bits per heavy atom. The SMILES string of the molecule is CCC1SCc2ccc(OC(F)(F)F)cc2C1=O. The van der Waals surface area contributed by atoms with Crippen LogP contribution in [0.25, 0.3) is 0 Å². The highest BCUT2D eigenvalue weighted by atomic mass is 32.2. The molecule has 0 amide bonds. The van der Waals surface area contributed by atoms with Crippen LogP contribution >= 0.6 is 11.8 Å². The van der Waals surface area contributed by atoms with Crippen molar-refractivity contribution in [3.8, 4) is 5.75 Å². The van der Waals surface area contributed by atoms with Gasteiger partial charge in [0.15, 0.2) is 5.78 Å². The van der Waals surface area contributed by atoms with E-state index >= 15 is 0 Å². The maximum Gasteiger partial charge on any atom is 0.573 e. The average molecular weight is 276 g/mol. The molecule has 0 aliphatic carbocycles. The predicted molar refractivity (Wildman–Crippen MR) is 62.8 cm³/mol. The van der Waals surface area contributed by atoms with Gasteiger partial charge in [-0.1, -0.05) is 13.0 Å². The number of halogens is 3. The number of fused-ring (bicyclic) bond motifs is 1. The summed E-state index contributed by atoms with van der Waals surface area (Å²) in [4.78, 5) is 12.0. The van der Waals surface area contributed by atoms with E-state index in [4.69, 9.17) is 0 Å². The van der Waals surface area contributed by atoms with Gasteiger partial charge in [0.25, 0.3) is 0 Å². The summed E-state index contributed by atoms with van der Waals surface area (Å²) in [5.41, 5.74) is 1.12. The lowest BCUT2D eigenvalue weighted by molar-refractivity contribution is -0.274. The molecule has 0 saturated carbocycles. The van der Waals surface area contributed by atoms with Crippen molar-refractivity contribution in [3.63, 3.8) is 0 Å². The number of alkyl halides is 3. The van der Waals surface area contributed by atoms with Gasteiger partial charge in [0.05, 0.1) is 5.25 Å². The summed E-state index contributed by atoms with van der Waals surface area (Å²) in [5, 5.41) is -0.168. The summed E-state index contributed by atoms with van der Waals surface area (Å²) < 4.78 is 40.1. The van der Waals surface area contributed by atoms with Crippen molar-refractivity contribution in [3.05, 3.63) is 29.3 Å². The van der Waals surface area contributed by atoms with Gasteiger partial charge in [0.2, 0.25) is 0 Å². The first-order chi connectivity index (χ1) is 8.40. The van der Waals surface area contributed by atoms with Gasteiger partial charge >= 0.3 is 6.36 Å². The fourth-order valence-electron chi connectivity index (χ4n) is 1.85. The van der Waals surface area contributed by atoms with Gasteiger partial charge in [-0.25, -0.2) is 0 Å². The van der Waals surface area contributed by atoms with Crippen LogP contribution in [0.1, 0.15) is 29.3 Å². The molecule has 18 heavy (non-hydrogen) atoms. The van der Waals surface area contributed by atoms with Crippen molar-refractivity contribution in [2.24, 2.45) is 0 Å². The quantitative estimate of drug-likeness (QED) is 0.822. The molecule has 0 bridgehead atoms. The lowest BCUT2D eigenvalue weighted by Crippen LogP contribution is -2.23. The summed E-state index contributed by atoms with van der Waals surface area (Å²) in [5.74, 6) is 0.194. The summed E-state index contributed by atoms with van der Waals surface area (Å²) in [6, 6.07) is 3.95. The highest BCUT2D eigenvalue weighted by Crippen LogP contribution is 2.34. The molecule has 0 fully saturated rings. The molecule has 0 saturated heterocycles. The molecule has 1 aromatic rings. The van der Waals surface area contributed by atoms with E-state index < -0.39 is 6.36 Å². The maximum atomic E-state index is 12.1. The largest absolute Gasteiger partial charge is 0.573 e. The zero-order chi connectivity index (χ0) is 13.3. The Labute approximate surface area is 107 Å². The fourth-order valence-corrected chi connectivity index (χ4v) is 3.00. The molecule has 1 atom stereocenters. The van der Waals surface area contributed by atoms with E-state index in [-0.39, 0.29) is 16.8 Å². The summed E-state index contributed by atoms with van der Waals surface area (Å²) in [7, 11) is 0. The van der Waals surface area contributed by atoms with Crippen LogP contribution in [0.4, 0.5) is 13.2 Å². The second-order valence-corrected chi connectivity index (χ2v) is 5.13. The van der Waals surface area contributed by atoms with Gasteiger partial charge in [-0.2, -0.15) is 0 Å². The van der Waals surface area contributed by atoms with E-state index in [1.165, 1.54) is 30.0 Å². The van der Waals surface area contributed by atoms with Crippen LogP contribution < -0.4 is 4.74 Å². The number of benzene rings is 1. The first-order valence-corrected chi connectivity index (χ1v) is 6.50. The van der Waals surface area contributed by atoms with Crippen molar-refractivity contribution in [1.82, 2.24) is 0 Å². The minimum atomic E-state index is -4.73. The van der Waals surface area contributed by atoms with E-state index in [0.29, 0.717) is 17.7 Å². The zero-order valence-electron chi connectivity index (χ0n) is 9.58. The predicted octanol–water partition coefficient (Wildman–Crippen LogP) is 3.79. The van der Waals surface area contributed by atoms with Crippen LogP contribution in [0, 0.1) is 0 Å². The first kappa shape index (κ1) is 13.3. The second kappa shape index (κ2) is 4.84. The van der Waals surface area contributed by atoms with Crippen molar-refractivity contribution in [1.29, 1.82) is 0 Å². The lowest BCUT2D eigenvalue weighted by Gasteiger charge is -2.22. The van der Waals surface area contributed by atoms with Crippen LogP contribution in [0.2, 0.25) is 0 Å². The molecular weight excluding hydrogens is 265 g/mol. The lowest BCUT2D eigenvalue weighted by atomic mass is 10.0. The van der Waals surface area contributed by atoms with Crippen LogP contribution in [-0.2, 0) is 5.75 Å². The van der Waals surface area contributed by atoms with E-state index in [2.05, 4.69) is 4.74 Å². The fraction of sp³-hybridized carbons (Fsp3) is 0.417. The molecule has 1 aromatic carbocycles. The van der Waals surface area contributed by atoms with E-state index in [0.717, 1.165) is 5.56 Å². The van der Waals surface area contributed by atoms with Crippen molar-refractivity contribution in [2.45, 2.75) is 30.7 Å². The minimum Gasteiger partial charge on any atom is -0.406 e. The molecule has 0 spiro atoms. The average Bonchev–Trinajstić information content (AvgIpc) is 2.28. The van der Waals surface area contributed by atoms with E-state index in [1.54, 1.807) is 0 Å². The number of thioether (sulfide) groups is 1. The Kier molecular flexibility index (Phi) is 3.56. The van der Waals surface area contributed by atoms with Crippen molar-refractivity contribution < 1.29 is 22.7 Å². The van der Waals surface area contributed by atoms with E-state index in [9.17, 15) is 18.0 Å². The first-order valence-electron chi connectivity index (χ1n) is 5.45. The van der Waals surface area contributed by atoms with E-state index in [1.807, 2.05) is 6.92 Å². The third-order valence-corrected chi connectivity index (χ3v) is 4.11. The Morgan fingerprint density at radius 2 is 2.17 bits per heavy atom. The zero-order valence-corrected chi connectivity index (χ0v) is 10.4. The molecule has 0 aromatic heterocycles. The van der Waals surface area contributed by atoms with Gasteiger partial charge in [0.1, 0.15) is 5.75 Å². The topological polar surface area (TPSA) is 26.3 Å². The number of carbonyl (C=O) groups excluding carboxylic acids is 1. The number of Topliss-reactive ketones (excluding diaryl/α,β-unsaturated/α-hetero) is 1. The molecular formula is C12H11F3O2S. The molecule has 6 heteroatoms. The molecule has 0 N–H and O–H groups in total. The molecule has 2 nitrogen and oxygen atoms in total. The number of hydrogen-bond acceptors (Lipinski definition) is 3. The summed E-state index contributed by atoms with van der Waals surface area (Å²) >= 11 is 1.52. The summed E-state index contributed by atoms with van der Waals surface area (Å²) in [6.45, 7) is 1.89. The van der Waals surface area contributed by atoms with Gasteiger partial charge < -0.3 is 4.74 Å². The smallest absolute Gasteiger partial charge is 0.406 e. The maximum absolute atomic E-state index is 12.1. The molecule has 98 valence electrons. The third-order valence-electron chi connectivity index (χ3n) is 2.68. The number of ether oxygens (including phenoxy) is 1. The Hall–Kier alpha value is -1.17. The van der Waals surface area contributed by atoms with Crippen LogP contribution in [0.3, 0.4) is 0 Å². The Balaban J connectivity index is 2.31. The number of rotatable bonds is 2. The normalized spacial score (nSPS) is 19.6. The minimum absolute atomic E-state index is 0.114. The molecule has 1 aliphatic heterocycles. The Morgan fingerprint density at radius 3 is 2.78 bits per heavy atom. The van der Waals surface area contributed by atoms with Crippen molar-refractivity contribution >= 4 is 17.5 Å². The van der Waals surface area contributed by atoms with Gasteiger partial charge in [-0.3, -0.25) is 4.79 Å². The highest BCUT2D eigenvalue weighted by Gasteiger charge is 2.32. The molecule has 2 rings (SSSR count). The monoisotopic (exact) mass is 276 g/mol. The number of carbonyl (C=O) groups is 1. The highest BCUT2D eigenvalue weighted by molar-refractivity contribution is 8.00. The van der Waals surface area contributed by atoms with Crippen LogP contribution in [0.5, 0.6) is 5.75 Å².